The summed E-state index contributed by atoms with van der Waals surface area (Å²) in [5.74, 6) is -0.0533. The van der Waals surface area contributed by atoms with E-state index in [0.717, 1.165) is 84.0 Å². The van der Waals surface area contributed by atoms with Crippen LogP contribution in [0.4, 0.5) is 0 Å². The van der Waals surface area contributed by atoms with Crippen molar-refractivity contribution in [1.82, 2.24) is 20.9 Å². The molecule has 1 atom stereocenters. The number of amides is 2. The van der Waals surface area contributed by atoms with Crippen LogP contribution in [0.2, 0.25) is 0 Å². The number of hydrogen-bond donors (Lipinski definition) is 5. The highest BCUT2D eigenvalue weighted by atomic mass is 16.2. The van der Waals surface area contributed by atoms with Gasteiger partial charge in [-0.25, -0.2) is 0 Å². The summed E-state index contributed by atoms with van der Waals surface area (Å²) in [7, 11) is 0. The molecule has 0 aromatic rings. The van der Waals surface area contributed by atoms with E-state index >= 15 is 0 Å². The van der Waals surface area contributed by atoms with Crippen LogP contribution >= 0.6 is 0 Å². The average Bonchev–Trinajstić information content (AvgIpc) is 3.22. The Labute approximate surface area is 353 Å². The van der Waals surface area contributed by atoms with Gasteiger partial charge < -0.3 is 32.3 Å². The topological polar surface area (TPSA) is 126 Å². The zero-order valence-corrected chi connectivity index (χ0v) is 37.6. The van der Waals surface area contributed by atoms with Crippen molar-refractivity contribution in [3.63, 3.8) is 0 Å². The third-order valence-electron chi connectivity index (χ3n) is 10.5. The molecule has 0 aromatic carbocycles. The molecule has 0 aliphatic rings. The van der Waals surface area contributed by atoms with Crippen LogP contribution in [0.3, 0.4) is 0 Å². The van der Waals surface area contributed by atoms with Crippen molar-refractivity contribution < 1.29 is 9.59 Å². The maximum atomic E-state index is 13.5. The number of hydrogen-bond acceptors (Lipinski definition) is 6. The number of nitrogens with zero attached hydrogens (tertiary/aromatic N) is 1. The molecule has 0 radical (unpaired) electrons. The largest absolute Gasteiger partial charge is 0.346 e. The lowest BCUT2D eigenvalue weighted by Crippen LogP contribution is -2.48. The molecule has 332 valence electrons. The number of unbranched alkanes of at least 4 members (excludes halogenated alkanes) is 18. The predicted octanol–water partition coefficient (Wildman–Crippen LogP) is 10.6. The van der Waals surface area contributed by atoms with Crippen molar-refractivity contribution >= 4 is 11.8 Å². The fourth-order valence-electron chi connectivity index (χ4n) is 6.83. The van der Waals surface area contributed by atoms with E-state index in [4.69, 9.17) is 11.5 Å². The monoisotopic (exact) mass is 799 g/mol. The second-order valence-electron chi connectivity index (χ2n) is 16.0. The summed E-state index contributed by atoms with van der Waals surface area (Å²) in [5.41, 5.74) is 11.3. The first-order chi connectivity index (χ1) is 28.1. The van der Waals surface area contributed by atoms with E-state index in [1.807, 2.05) is 4.90 Å². The molecule has 8 heteroatoms. The molecular formula is C49H94N6O2. The van der Waals surface area contributed by atoms with Gasteiger partial charge in [-0.3, -0.25) is 9.59 Å². The highest BCUT2D eigenvalue weighted by molar-refractivity contribution is 5.87. The summed E-state index contributed by atoms with van der Waals surface area (Å²) in [6, 6.07) is -0.325. The van der Waals surface area contributed by atoms with E-state index < -0.39 is 0 Å². The van der Waals surface area contributed by atoms with Crippen LogP contribution in [0.25, 0.3) is 0 Å². The fraction of sp³-hybridized carbons (Fsp3) is 0.796. The van der Waals surface area contributed by atoms with Crippen molar-refractivity contribution in [3.8, 4) is 0 Å². The Kier molecular flexibility index (Phi) is 44.6. The molecule has 1 unspecified atom stereocenters. The van der Waals surface area contributed by atoms with Gasteiger partial charge in [-0.15, -0.1) is 0 Å². The Morgan fingerprint density at radius 2 is 0.930 bits per heavy atom. The van der Waals surface area contributed by atoms with Gasteiger partial charge in [0, 0.05) is 13.1 Å². The zero-order chi connectivity index (χ0) is 41.5. The molecule has 0 rings (SSSR count). The smallest absolute Gasteiger partial charge is 0.241 e. The summed E-state index contributed by atoms with van der Waals surface area (Å²) < 4.78 is 0. The number of rotatable bonds is 44. The number of nitrogens with two attached hydrogens (primary N) is 2. The predicted molar refractivity (Wildman–Crippen MR) is 250 cm³/mol. The Hall–Kier alpha value is -2.26. The van der Waals surface area contributed by atoms with Crippen molar-refractivity contribution in [1.29, 1.82) is 0 Å². The SMILES string of the molecule is CCCCC/C=C\C/C=C\CCCCCCCCN(CCCCCCCC/C=C\C/C=C\CCCCC)C(=O)CNC(=O)C(CCCNCCCN)NCCCN. The van der Waals surface area contributed by atoms with Gasteiger partial charge in [-0.1, -0.05) is 140 Å². The second kappa shape index (κ2) is 46.4. The van der Waals surface area contributed by atoms with Gasteiger partial charge in [-0.05, 0) is 135 Å². The quantitative estimate of drug-likeness (QED) is 0.0309. The fourth-order valence-corrected chi connectivity index (χ4v) is 6.83. The van der Waals surface area contributed by atoms with Crippen molar-refractivity contribution in [2.45, 2.75) is 200 Å². The van der Waals surface area contributed by atoms with E-state index in [2.05, 4.69) is 78.4 Å². The molecule has 0 fully saturated rings. The second-order valence-corrected chi connectivity index (χ2v) is 16.0. The Morgan fingerprint density at radius 3 is 1.40 bits per heavy atom. The molecule has 0 aliphatic heterocycles. The van der Waals surface area contributed by atoms with Gasteiger partial charge >= 0.3 is 0 Å². The highest BCUT2D eigenvalue weighted by Crippen LogP contribution is 2.12. The van der Waals surface area contributed by atoms with E-state index in [9.17, 15) is 9.59 Å². The van der Waals surface area contributed by atoms with Crippen LogP contribution in [0.1, 0.15) is 194 Å². The number of allylic oxidation sites excluding steroid dienone is 8. The third-order valence-corrected chi connectivity index (χ3v) is 10.5. The lowest BCUT2D eigenvalue weighted by molar-refractivity contribution is -0.133. The summed E-state index contributed by atoms with van der Waals surface area (Å²) in [5, 5.41) is 9.75. The van der Waals surface area contributed by atoms with Gasteiger partial charge in [0.15, 0.2) is 0 Å². The van der Waals surface area contributed by atoms with Crippen LogP contribution in [0.15, 0.2) is 48.6 Å². The molecule has 0 saturated carbocycles. The highest BCUT2D eigenvalue weighted by Gasteiger charge is 2.20. The summed E-state index contributed by atoms with van der Waals surface area (Å²) >= 11 is 0. The molecule has 7 N–H and O–H groups in total. The normalized spacial score (nSPS) is 12.6. The maximum absolute atomic E-state index is 13.5. The van der Waals surface area contributed by atoms with Crippen LogP contribution in [0, 0.1) is 0 Å². The van der Waals surface area contributed by atoms with Crippen molar-refractivity contribution in [3.05, 3.63) is 48.6 Å². The Balaban J connectivity index is 4.68. The minimum atomic E-state index is -0.325. The first-order valence-electron chi connectivity index (χ1n) is 24.1. The van der Waals surface area contributed by atoms with Crippen LogP contribution in [-0.4, -0.2) is 75.1 Å². The molecule has 0 spiro atoms. The summed E-state index contributed by atoms with van der Waals surface area (Å²) in [6.45, 7) is 9.80. The lowest BCUT2D eigenvalue weighted by atomic mass is 10.1. The van der Waals surface area contributed by atoms with Gasteiger partial charge in [0.25, 0.3) is 0 Å². The van der Waals surface area contributed by atoms with Gasteiger partial charge in [0.1, 0.15) is 0 Å². The number of carbonyl (C=O) groups excluding carboxylic acids is 2. The van der Waals surface area contributed by atoms with E-state index in [1.165, 1.54) is 116 Å². The lowest BCUT2D eigenvalue weighted by Gasteiger charge is -2.24. The molecule has 0 bridgehead atoms. The van der Waals surface area contributed by atoms with E-state index in [0.29, 0.717) is 26.1 Å². The molecular weight excluding hydrogens is 705 g/mol. The Morgan fingerprint density at radius 1 is 0.509 bits per heavy atom. The maximum Gasteiger partial charge on any atom is 0.241 e. The minimum Gasteiger partial charge on any atom is -0.346 e. The molecule has 0 aromatic heterocycles. The summed E-state index contributed by atoms with van der Waals surface area (Å²) in [6.07, 6.45) is 50.9. The summed E-state index contributed by atoms with van der Waals surface area (Å²) in [4.78, 5) is 28.8. The Bertz CT molecular complexity index is 933. The molecule has 0 saturated heterocycles. The number of nitrogens with one attached hydrogen (secondary N) is 3. The van der Waals surface area contributed by atoms with Gasteiger partial charge in [0.05, 0.1) is 12.6 Å². The van der Waals surface area contributed by atoms with Crippen molar-refractivity contribution in [2.75, 3.05) is 52.4 Å². The molecule has 0 heterocycles. The van der Waals surface area contributed by atoms with E-state index in [-0.39, 0.29) is 24.4 Å². The number of carbonyl (C=O) groups is 2. The molecule has 2 amide bonds. The third kappa shape index (κ3) is 40.3. The van der Waals surface area contributed by atoms with Gasteiger partial charge in [-0.2, -0.15) is 0 Å². The van der Waals surface area contributed by atoms with Crippen LogP contribution < -0.4 is 27.4 Å². The van der Waals surface area contributed by atoms with Crippen LogP contribution in [-0.2, 0) is 9.59 Å². The first kappa shape index (κ1) is 54.7. The van der Waals surface area contributed by atoms with Gasteiger partial charge in [0.2, 0.25) is 11.8 Å². The first-order valence-corrected chi connectivity index (χ1v) is 24.1. The van der Waals surface area contributed by atoms with Crippen LogP contribution in [0.5, 0.6) is 0 Å². The van der Waals surface area contributed by atoms with Crippen molar-refractivity contribution in [2.24, 2.45) is 11.5 Å². The molecule has 8 nitrogen and oxygen atoms in total. The average molecular weight is 799 g/mol. The van der Waals surface area contributed by atoms with E-state index in [1.54, 1.807) is 0 Å². The standard InChI is InChI=1S/C49H94N6O2/c1-3-5-7-9-11-13-15-17-19-21-23-25-27-29-31-33-44-55(45-34-32-30-28-26-24-22-20-18-16-14-12-10-8-6-4-2)48(56)46-54-49(57)47(53-43-37-40-51)38-35-41-52-42-36-39-50/h11-14,17-20,47,52-53H,3-10,15-16,21-46,50-51H2,1-2H3,(H,54,57)/b13-11-,14-12-,19-17-,20-18-. The minimum absolute atomic E-state index is 0.0395. The molecule has 0 aliphatic carbocycles. The zero-order valence-electron chi connectivity index (χ0n) is 37.6. The molecule has 57 heavy (non-hydrogen) atoms.